The number of nitrogens with zero attached hydrogens (tertiary/aromatic N) is 3. The van der Waals surface area contributed by atoms with Crippen molar-refractivity contribution < 1.29 is 9.59 Å². The number of hydrogen-bond donors (Lipinski definition) is 2. The number of fused-ring (bicyclic) bond motifs is 1. The van der Waals surface area contributed by atoms with E-state index in [1.54, 1.807) is 30.9 Å². The second-order valence-corrected chi connectivity index (χ2v) is 9.22. The number of aryl methyl sites for hydroxylation is 1. The van der Waals surface area contributed by atoms with Crippen LogP contribution in [0.3, 0.4) is 0 Å². The number of benzene rings is 2. The number of nitrogens with one attached hydrogen (secondary N) is 2. The van der Waals surface area contributed by atoms with Gasteiger partial charge >= 0.3 is 0 Å². The quantitative estimate of drug-likeness (QED) is 0.541. The third-order valence-corrected chi connectivity index (χ3v) is 6.45. The highest BCUT2D eigenvalue weighted by molar-refractivity contribution is 8.00. The molecule has 1 atom stereocenters. The van der Waals surface area contributed by atoms with Gasteiger partial charge in [-0.1, -0.05) is 48.5 Å². The van der Waals surface area contributed by atoms with Crippen LogP contribution in [0.5, 0.6) is 0 Å². The molecule has 0 spiro atoms. The number of para-hydroxylation sites is 1. The van der Waals surface area contributed by atoms with Crippen LogP contribution in [0.4, 0.5) is 11.4 Å². The van der Waals surface area contributed by atoms with E-state index >= 15 is 0 Å². The van der Waals surface area contributed by atoms with E-state index in [-0.39, 0.29) is 22.7 Å². The smallest absolute Gasteiger partial charge is 0.278 e. The average Bonchev–Trinajstić information content (AvgIpc) is 3.24. The first-order valence-electron chi connectivity index (χ1n) is 10.8. The number of rotatable bonds is 6. The Labute approximate surface area is 195 Å². The minimum atomic E-state index is -0.453. The lowest BCUT2D eigenvalue weighted by molar-refractivity contribution is -0.118. The molecule has 2 aromatic carbocycles. The molecule has 2 N–H and O–H groups in total. The third kappa shape index (κ3) is 4.83. The lowest BCUT2D eigenvalue weighted by Crippen LogP contribution is -2.35. The lowest BCUT2D eigenvalue weighted by Gasteiger charge is -2.21. The standard InChI is InChI=1S/C24H25N5O3S/c1-4-20(30)25-18-10-9-14(2)13-17(18)21-22(31)26-24(28-27-21)33-15(3)23(32)29-12-11-16-7-5-6-8-19(16)29/h5-10,13,15H,4,11-12H2,1-3H3,(H,25,30)(H,26,28,31). The van der Waals surface area contributed by atoms with Gasteiger partial charge in [0.2, 0.25) is 11.8 Å². The SMILES string of the molecule is CCC(=O)Nc1ccc(C)cc1-c1nnc(SC(C)C(=O)N2CCc3ccccc32)[nH]c1=O. The van der Waals surface area contributed by atoms with Gasteiger partial charge in [-0.15, -0.1) is 10.2 Å². The molecule has 1 unspecified atom stereocenters. The Balaban J connectivity index is 1.54. The topological polar surface area (TPSA) is 108 Å². The van der Waals surface area contributed by atoms with Crippen molar-refractivity contribution in [1.82, 2.24) is 15.2 Å². The van der Waals surface area contributed by atoms with Gasteiger partial charge in [-0.3, -0.25) is 19.4 Å². The van der Waals surface area contributed by atoms with Crippen molar-refractivity contribution in [3.8, 4) is 11.3 Å². The first-order valence-corrected chi connectivity index (χ1v) is 11.7. The van der Waals surface area contributed by atoms with Gasteiger partial charge in [0.05, 0.1) is 10.9 Å². The van der Waals surface area contributed by atoms with Crippen molar-refractivity contribution in [3.05, 3.63) is 63.9 Å². The van der Waals surface area contributed by atoms with Gasteiger partial charge in [-0.25, -0.2) is 0 Å². The lowest BCUT2D eigenvalue weighted by atomic mass is 10.1. The Morgan fingerprint density at radius 1 is 1.21 bits per heavy atom. The van der Waals surface area contributed by atoms with Gasteiger partial charge in [0, 0.05) is 24.2 Å². The normalized spacial score (nSPS) is 13.5. The third-order valence-electron chi connectivity index (χ3n) is 5.49. The summed E-state index contributed by atoms with van der Waals surface area (Å²) in [6.07, 6.45) is 1.15. The predicted molar refractivity (Wildman–Crippen MR) is 130 cm³/mol. The van der Waals surface area contributed by atoms with Gasteiger partial charge in [0.1, 0.15) is 0 Å². The molecule has 0 radical (unpaired) electrons. The summed E-state index contributed by atoms with van der Waals surface area (Å²) >= 11 is 1.16. The van der Waals surface area contributed by atoms with Crippen molar-refractivity contribution >= 4 is 35.0 Å². The first-order chi connectivity index (χ1) is 15.9. The summed E-state index contributed by atoms with van der Waals surface area (Å²) in [4.78, 5) is 42.3. The highest BCUT2D eigenvalue weighted by Gasteiger charge is 2.29. The Bertz CT molecular complexity index is 1270. The minimum absolute atomic E-state index is 0.0417. The maximum absolute atomic E-state index is 13.0. The highest BCUT2D eigenvalue weighted by Crippen LogP contribution is 2.31. The number of thioether (sulfide) groups is 1. The fourth-order valence-corrected chi connectivity index (χ4v) is 4.56. The number of anilines is 2. The molecule has 1 aliphatic heterocycles. The minimum Gasteiger partial charge on any atom is -0.325 e. The molecule has 2 heterocycles. The summed E-state index contributed by atoms with van der Waals surface area (Å²) in [5.41, 5.74) is 3.70. The fraction of sp³-hybridized carbons (Fsp3) is 0.292. The number of aromatic nitrogens is 3. The van der Waals surface area contributed by atoms with E-state index in [1.165, 1.54) is 0 Å². The van der Waals surface area contributed by atoms with E-state index in [4.69, 9.17) is 0 Å². The van der Waals surface area contributed by atoms with Gasteiger partial charge in [0.25, 0.3) is 5.56 Å². The van der Waals surface area contributed by atoms with Crippen LogP contribution in [0.15, 0.2) is 52.4 Å². The summed E-state index contributed by atoms with van der Waals surface area (Å²) < 4.78 is 0. The van der Waals surface area contributed by atoms with Crippen molar-refractivity contribution in [1.29, 1.82) is 0 Å². The molecule has 170 valence electrons. The molecule has 0 bridgehead atoms. The number of hydrogen-bond acceptors (Lipinski definition) is 6. The number of carbonyl (C=O) groups is 2. The van der Waals surface area contributed by atoms with Crippen molar-refractivity contribution in [3.63, 3.8) is 0 Å². The molecule has 2 amide bonds. The molecule has 1 aliphatic rings. The highest BCUT2D eigenvalue weighted by atomic mass is 32.2. The monoisotopic (exact) mass is 463 g/mol. The van der Waals surface area contributed by atoms with E-state index in [9.17, 15) is 14.4 Å². The first kappa shape index (κ1) is 22.7. The summed E-state index contributed by atoms with van der Waals surface area (Å²) in [5.74, 6) is -0.201. The van der Waals surface area contributed by atoms with Crippen molar-refractivity contribution in [2.45, 2.75) is 44.0 Å². The summed E-state index contributed by atoms with van der Waals surface area (Å²) in [7, 11) is 0. The molecule has 8 nitrogen and oxygen atoms in total. The largest absolute Gasteiger partial charge is 0.325 e. The average molecular weight is 464 g/mol. The van der Waals surface area contributed by atoms with E-state index in [2.05, 4.69) is 20.5 Å². The van der Waals surface area contributed by atoms with E-state index in [1.807, 2.05) is 37.3 Å². The van der Waals surface area contributed by atoms with Crippen molar-refractivity contribution in [2.75, 3.05) is 16.8 Å². The van der Waals surface area contributed by atoms with Crippen molar-refractivity contribution in [2.24, 2.45) is 0 Å². The number of H-pyrrole nitrogens is 1. The zero-order chi connectivity index (χ0) is 23.5. The number of amides is 2. The molecule has 0 saturated heterocycles. The van der Waals surface area contributed by atoms with Crippen LogP contribution in [-0.2, 0) is 16.0 Å². The van der Waals surface area contributed by atoms with Crippen LogP contribution in [0, 0.1) is 6.92 Å². The Morgan fingerprint density at radius 3 is 2.76 bits per heavy atom. The Kier molecular flexibility index (Phi) is 6.60. The molecule has 1 aromatic heterocycles. The predicted octanol–water partition coefficient (Wildman–Crippen LogP) is 3.56. The maximum atomic E-state index is 13.0. The molecule has 9 heteroatoms. The summed E-state index contributed by atoms with van der Waals surface area (Å²) in [5, 5.41) is 10.9. The van der Waals surface area contributed by atoms with Crippen LogP contribution in [-0.4, -0.2) is 38.8 Å². The molecular weight excluding hydrogens is 438 g/mol. The second-order valence-electron chi connectivity index (χ2n) is 7.89. The molecule has 0 aliphatic carbocycles. The Morgan fingerprint density at radius 2 is 2.00 bits per heavy atom. The van der Waals surface area contributed by atoms with E-state index in [0.29, 0.717) is 24.2 Å². The van der Waals surface area contributed by atoms with Crippen LogP contribution in [0.25, 0.3) is 11.3 Å². The molecule has 33 heavy (non-hydrogen) atoms. The van der Waals surface area contributed by atoms with Crippen LogP contribution >= 0.6 is 11.8 Å². The number of carbonyl (C=O) groups excluding carboxylic acids is 2. The molecule has 0 saturated carbocycles. The fourth-order valence-electron chi connectivity index (χ4n) is 3.76. The molecule has 0 fully saturated rings. The van der Waals surface area contributed by atoms with E-state index in [0.717, 1.165) is 35.0 Å². The zero-order valence-electron chi connectivity index (χ0n) is 18.7. The van der Waals surface area contributed by atoms with Crippen LogP contribution in [0.1, 0.15) is 31.4 Å². The van der Waals surface area contributed by atoms with Gasteiger partial charge in [-0.05, 0) is 44.0 Å². The van der Waals surface area contributed by atoms with Gasteiger partial charge in [0.15, 0.2) is 10.9 Å². The summed E-state index contributed by atoms with van der Waals surface area (Å²) in [6.45, 7) is 6.08. The van der Waals surface area contributed by atoms with Crippen LogP contribution in [0.2, 0.25) is 0 Å². The van der Waals surface area contributed by atoms with Crippen LogP contribution < -0.4 is 15.8 Å². The molecule has 4 rings (SSSR count). The van der Waals surface area contributed by atoms with Gasteiger partial charge in [-0.2, -0.15) is 0 Å². The Hall–Kier alpha value is -3.46. The summed E-state index contributed by atoms with van der Waals surface area (Å²) in [6, 6.07) is 13.3. The number of aromatic amines is 1. The molecular formula is C24H25N5O3S. The van der Waals surface area contributed by atoms with E-state index < -0.39 is 10.8 Å². The molecule has 3 aromatic rings. The maximum Gasteiger partial charge on any atom is 0.278 e. The zero-order valence-corrected chi connectivity index (χ0v) is 19.5. The second kappa shape index (κ2) is 9.58. The van der Waals surface area contributed by atoms with Gasteiger partial charge < -0.3 is 10.2 Å².